The Morgan fingerprint density at radius 1 is 1.07 bits per heavy atom. The standard InChI is InChI=1S/C31H31Cl2FN4O5/c1-30(2,3)14-24-31(20-7-6-17(32)13-22(20)36-28(31)40)25(16-9-18(33)12-19(34)10-16)27(38-24)43-29(41)37-21-8-5-15(26(35)39)11-23(21)42-4/h5-13,24-25,27,38H,14H2,1-4H3,(H2,35,39)(H,36,40)(H,37,41)/t24-,25-,27+,31+/m0/s1. The lowest BCUT2D eigenvalue weighted by molar-refractivity contribution is -0.122. The van der Waals surface area contributed by atoms with Crippen LogP contribution in [0, 0.1) is 11.2 Å². The van der Waals surface area contributed by atoms with Crippen molar-refractivity contribution in [2.75, 3.05) is 17.7 Å². The van der Waals surface area contributed by atoms with Crippen LogP contribution in [0.3, 0.4) is 0 Å². The van der Waals surface area contributed by atoms with Gasteiger partial charge < -0.3 is 20.5 Å². The minimum Gasteiger partial charge on any atom is -0.495 e. The molecule has 0 radical (unpaired) electrons. The number of anilines is 2. The molecular weight excluding hydrogens is 598 g/mol. The third-order valence-electron chi connectivity index (χ3n) is 7.78. The van der Waals surface area contributed by atoms with Crippen LogP contribution in [0.4, 0.5) is 20.6 Å². The number of carbonyl (C=O) groups excluding carboxylic acids is 3. The number of rotatable bonds is 6. The molecule has 2 aliphatic rings. The molecule has 12 heteroatoms. The van der Waals surface area contributed by atoms with Crippen LogP contribution in [0.1, 0.15) is 54.6 Å². The van der Waals surface area contributed by atoms with Crippen LogP contribution in [-0.4, -0.2) is 37.3 Å². The molecule has 2 heterocycles. The first kappa shape index (κ1) is 30.6. The molecule has 43 heavy (non-hydrogen) atoms. The molecule has 0 saturated carbocycles. The first-order valence-electron chi connectivity index (χ1n) is 13.5. The van der Waals surface area contributed by atoms with Crippen LogP contribution in [-0.2, 0) is 14.9 Å². The average Bonchev–Trinajstić information content (AvgIpc) is 3.35. The largest absolute Gasteiger partial charge is 0.495 e. The van der Waals surface area contributed by atoms with Crippen molar-refractivity contribution in [3.05, 3.63) is 87.2 Å². The highest BCUT2D eigenvalue weighted by atomic mass is 35.5. The number of hydrogen-bond acceptors (Lipinski definition) is 6. The number of methoxy groups -OCH3 is 1. The monoisotopic (exact) mass is 628 g/mol. The number of primary amides is 1. The van der Waals surface area contributed by atoms with Gasteiger partial charge in [-0.1, -0.05) is 50.0 Å². The molecule has 1 fully saturated rings. The summed E-state index contributed by atoms with van der Waals surface area (Å²) in [5.74, 6) is -2.32. The highest BCUT2D eigenvalue weighted by molar-refractivity contribution is 6.31. The predicted molar refractivity (Wildman–Crippen MR) is 162 cm³/mol. The maximum atomic E-state index is 14.8. The Bertz CT molecular complexity index is 1610. The highest BCUT2D eigenvalue weighted by Gasteiger charge is 2.65. The summed E-state index contributed by atoms with van der Waals surface area (Å²) >= 11 is 12.6. The Labute approximate surface area is 258 Å². The summed E-state index contributed by atoms with van der Waals surface area (Å²) in [5, 5.41) is 9.54. The van der Waals surface area contributed by atoms with Gasteiger partial charge in [0.25, 0.3) is 0 Å². The van der Waals surface area contributed by atoms with Gasteiger partial charge >= 0.3 is 6.09 Å². The fraction of sp³-hybridized carbons (Fsp3) is 0.323. The quantitative estimate of drug-likeness (QED) is 0.257. The number of benzene rings is 3. The normalized spacial score (nSPS) is 22.7. The van der Waals surface area contributed by atoms with E-state index in [-0.39, 0.29) is 33.3 Å². The van der Waals surface area contributed by atoms with Crippen molar-refractivity contribution in [2.24, 2.45) is 11.1 Å². The van der Waals surface area contributed by atoms with Gasteiger partial charge in [0, 0.05) is 27.3 Å². The zero-order valence-electron chi connectivity index (χ0n) is 23.9. The van der Waals surface area contributed by atoms with Gasteiger partial charge in [-0.2, -0.15) is 0 Å². The van der Waals surface area contributed by atoms with Crippen LogP contribution in [0.15, 0.2) is 54.6 Å². The molecule has 9 nitrogen and oxygen atoms in total. The topological polar surface area (TPSA) is 132 Å². The van der Waals surface area contributed by atoms with Gasteiger partial charge in [-0.15, -0.1) is 0 Å². The van der Waals surface area contributed by atoms with Crippen LogP contribution in [0.25, 0.3) is 0 Å². The molecule has 4 atom stereocenters. The fourth-order valence-corrected chi connectivity index (χ4v) is 6.60. The summed E-state index contributed by atoms with van der Waals surface area (Å²) < 4.78 is 26.1. The third-order valence-corrected chi connectivity index (χ3v) is 8.23. The van der Waals surface area contributed by atoms with Gasteiger partial charge in [-0.25, -0.2) is 9.18 Å². The number of ether oxygens (including phenoxy) is 2. The number of fused-ring (bicyclic) bond motifs is 2. The van der Waals surface area contributed by atoms with Gasteiger partial charge in [0.05, 0.1) is 18.7 Å². The summed E-state index contributed by atoms with van der Waals surface area (Å²) in [6, 6.07) is 12.9. The van der Waals surface area contributed by atoms with E-state index in [1.54, 1.807) is 24.3 Å². The van der Waals surface area contributed by atoms with E-state index >= 15 is 0 Å². The summed E-state index contributed by atoms with van der Waals surface area (Å²) in [6.07, 6.45) is -1.49. The fourth-order valence-electron chi connectivity index (χ4n) is 6.19. The first-order valence-corrected chi connectivity index (χ1v) is 14.3. The van der Waals surface area contributed by atoms with E-state index in [9.17, 15) is 18.8 Å². The van der Waals surface area contributed by atoms with Crippen molar-refractivity contribution in [1.29, 1.82) is 0 Å². The lowest BCUT2D eigenvalue weighted by atomic mass is 9.63. The van der Waals surface area contributed by atoms with Gasteiger partial charge in [-0.3, -0.25) is 20.2 Å². The van der Waals surface area contributed by atoms with E-state index in [0.29, 0.717) is 28.3 Å². The molecule has 0 unspecified atom stereocenters. The van der Waals surface area contributed by atoms with Crippen molar-refractivity contribution in [1.82, 2.24) is 5.32 Å². The molecule has 3 aromatic rings. The van der Waals surface area contributed by atoms with Crippen LogP contribution >= 0.6 is 23.2 Å². The number of amides is 3. The molecule has 226 valence electrons. The minimum atomic E-state index is -1.32. The molecule has 0 aromatic heterocycles. The molecule has 3 amide bonds. The second kappa shape index (κ2) is 11.3. The lowest BCUT2D eigenvalue weighted by Crippen LogP contribution is -2.49. The number of nitrogens with two attached hydrogens (primary N) is 1. The zero-order valence-corrected chi connectivity index (χ0v) is 25.4. The molecule has 1 saturated heterocycles. The number of nitrogens with one attached hydrogen (secondary N) is 3. The maximum Gasteiger partial charge on any atom is 0.413 e. The van der Waals surface area contributed by atoms with Crippen molar-refractivity contribution in [3.8, 4) is 5.75 Å². The highest BCUT2D eigenvalue weighted by Crippen LogP contribution is 2.57. The second-order valence-corrected chi connectivity index (χ2v) is 12.8. The maximum absolute atomic E-state index is 14.8. The van der Waals surface area contributed by atoms with E-state index in [2.05, 4.69) is 16.0 Å². The number of hydrogen-bond donors (Lipinski definition) is 4. The summed E-state index contributed by atoms with van der Waals surface area (Å²) in [7, 11) is 1.38. The van der Waals surface area contributed by atoms with Crippen molar-refractivity contribution in [2.45, 2.75) is 50.8 Å². The Morgan fingerprint density at radius 2 is 1.81 bits per heavy atom. The van der Waals surface area contributed by atoms with Gasteiger partial charge in [0.15, 0.2) is 6.23 Å². The van der Waals surface area contributed by atoms with E-state index in [4.69, 9.17) is 38.4 Å². The molecule has 2 aliphatic heterocycles. The molecule has 0 bridgehead atoms. The average molecular weight is 630 g/mol. The Balaban J connectivity index is 1.61. The second-order valence-electron chi connectivity index (χ2n) is 11.9. The Morgan fingerprint density at radius 3 is 2.47 bits per heavy atom. The van der Waals surface area contributed by atoms with E-state index in [1.807, 2.05) is 20.8 Å². The van der Waals surface area contributed by atoms with E-state index < -0.39 is 41.4 Å². The molecule has 0 aliphatic carbocycles. The SMILES string of the molecule is COc1cc(C(N)=O)ccc1NC(=O)O[C@H]1N[C@@H](CC(C)(C)C)[C@@]2(C(=O)Nc3cc(Cl)ccc32)[C@H]1c1cc(F)cc(Cl)c1. The van der Waals surface area contributed by atoms with Crippen molar-refractivity contribution < 1.29 is 28.2 Å². The number of halogens is 3. The summed E-state index contributed by atoms with van der Waals surface area (Å²) in [4.78, 5) is 39.2. The lowest BCUT2D eigenvalue weighted by Gasteiger charge is -2.37. The summed E-state index contributed by atoms with van der Waals surface area (Å²) in [5.41, 5.74) is 5.72. The summed E-state index contributed by atoms with van der Waals surface area (Å²) in [6.45, 7) is 6.11. The molecule has 5 N–H and O–H groups in total. The molecule has 5 rings (SSSR count). The first-order chi connectivity index (χ1) is 20.2. The van der Waals surface area contributed by atoms with E-state index in [1.165, 1.54) is 37.4 Å². The van der Waals surface area contributed by atoms with Crippen molar-refractivity contribution in [3.63, 3.8) is 0 Å². The molecule has 1 spiro atoms. The zero-order chi connectivity index (χ0) is 31.3. The minimum absolute atomic E-state index is 0.127. The van der Waals surface area contributed by atoms with E-state index in [0.717, 1.165) is 0 Å². The molecule has 3 aromatic carbocycles. The van der Waals surface area contributed by atoms with Crippen LogP contribution in [0.2, 0.25) is 10.0 Å². The van der Waals surface area contributed by atoms with Crippen LogP contribution in [0.5, 0.6) is 5.75 Å². The van der Waals surface area contributed by atoms with Gasteiger partial charge in [0.1, 0.15) is 17.0 Å². The third kappa shape index (κ3) is 5.74. The smallest absolute Gasteiger partial charge is 0.413 e. The van der Waals surface area contributed by atoms with Gasteiger partial charge in [-0.05, 0) is 71.5 Å². The Kier molecular flexibility index (Phi) is 8.06. The Hall–Kier alpha value is -3.86. The van der Waals surface area contributed by atoms with Crippen LogP contribution < -0.4 is 26.4 Å². The number of carbonyl (C=O) groups is 3. The van der Waals surface area contributed by atoms with Crippen molar-refractivity contribution >= 4 is 52.5 Å². The molecular formula is C31H31Cl2FN4O5. The van der Waals surface area contributed by atoms with Gasteiger partial charge in [0.2, 0.25) is 11.8 Å². The predicted octanol–water partition coefficient (Wildman–Crippen LogP) is 6.20.